The largest absolute Gasteiger partial charge is 0.376 e. The fourth-order valence-electron chi connectivity index (χ4n) is 4.52. The SMILES string of the molecule is Cc1ccc(-c2nc3cnn(C[C@@H]4CCCCCCO4)c3cc2-c2ccc(C#N)cc2)cc1. The van der Waals surface area contributed by atoms with E-state index in [0.717, 1.165) is 59.4 Å². The molecule has 0 amide bonds. The summed E-state index contributed by atoms with van der Waals surface area (Å²) in [6, 6.07) is 20.6. The van der Waals surface area contributed by atoms with Crippen LogP contribution in [0.1, 0.15) is 43.2 Å². The van der Waals surface area contributed by atoms with Gasteiger partial charge in [-0.05, 0) is 43.5 Å². The van der Waals surface area contributed by atoms with E-state index in [0.29, 0.717) is 5.56 Å². The number of fused-ring (bicyclic) bond motifs is 1. The first-order valence-electron chi connectivity index (χ1n) is 11.8. The third kappa shape index (κ3) is 4.67. The van der Waals surface area contributed by atoms with Gasteiger partial charge in [0.1, 0.15) is 5.52 Å². The quantitative estimate of drug-likeness (QED) is 0.377. The van der Waals surface area contributed by atoms with Crippen molar-refractivity contribution in [1.82, 2.24) is 14.8 Å². The van der Waals surface area contributed by atoms with Crippen molar-refractivity contribution >= 4 is 11.0 Å². The smallest absolute Gasteiger partial charge is 0.109 e. The zero-order valence-electron chi connectivity index (χ0n) is 19.0. The van der Waals surface area contributed by atoms with Gasteiger partial charge in [0, 0.05) is 17.7 Å². The number of nitrogens with zero attached hydrogens (tertiary/aromatic N) is 4. The third-order valence-corrected chi connectivity index (χ3v) is 6.43. The van der Waals surface area contributed by atoms with Crippen molar-refractivity contribution in [2.24, 2.45) is 0 Å². The lowest BCUT2D eigenvalue weighted by Crippen LogP contribution is -2.22. The Morgan fingerprint density at radius 3 is 2.55 bits per heavy atom. The van der Waals surface area contributed by atoms with Crippen LogP contribution in [-0.2, 0) is 11.3 Å². The van der Waals surface area contributed by atoms with E-state index in [9.17, 15) is 5.26 Å². The molecule has 1 fully saturated rings. The summed E-state index contributed by atoms with van der Waals surface area (Å²) in [6.45, 7) is 3.65. The Morgan fingerprint density at radius 2 is 1.76 bits per heavy atom. The molecule has 2 aromatic carbocycles. The van der Waals surface area contributed by atoms with Gasteiger partial charge in [0.2, 0.25) is 0 Å². The maximum Gasteiger partial charge on any atom is 0.109 e. The predicted molar refractivity (Wildman–Crippen MR) is 131 cm³/mol. The van der Waals surface area contributed by atoms with E-state index in [4.69, 9.17) is 9.72 Å². The van der Waals surface area contributed by atoms with E-state index < -0.39 is 0 Å². The van der Waals surface area contributed by atoms with Gasteiger partial charge in [-0.25, -0.2) is 4.98 Å². The Morgan fingerprint density at radius 1 is 1.00 bits per heavy atom. The fraction of sp³-hybridized carbons (Fsp3) is 0.321. The number of benzene rings is 2. The van der Waals surface area contributed by atoms with Crippen LogP contribution in [0.5, 0.6) is 0 Å². The van der Waals surface area contributed by atoms with Crippen LogP contribution in [0.15, 0.2) is 60.8 Å². The second-order valence-corrected chi connectivity index (χ2v) is 8.87. The first kappa shape index (κ1) is 21.4. The highest BCUT2D eigenvalue weighted by molar-refractivity contribution is 5.90. The summed E-state index contributed by atoms with van der Waals surface area (Å²) in [5.41, 5.74) is 7.82. The summed E-state index contributed by atoms with van der Waals surface area (Å²) in [5, 5.41) is 13.9. The first-order valence-corrected chi connectivity index (χ1v) is 11.8. The lowest BCUT2D eigenvalue weighted by Gasteiger charge is -2.21. The van der Waals surface area contributed by atoms with Crippen LogP contribution >= 0.6 is 0 Å². The van der Waals surface area contributed by atoms with Crippen molar-refractivity contribution in [2.45, 2.75) is 51.7 Å². The molecular weight excluding hydrogens is 408 g/mol. The second-order valence-electron chi connectivity index (χ2n) is 8.87. The monoisotopic (exact) mass is 436 g/mol. The molecule has 166 valence electrons. The van der Waals surface area contributed by atoms with Gasteiger partial charge in [0.25, 0.3) is 0 Å². The Kier molecular flexibility index (Phi) is 6.19. The average Bonchev–Trinajstić information content (AvgIpc) is 3.22. The summed E-state index contributed by atoms with van der Waals surface area (Å²) in [7, 11) is 0. The molecule has 2 aromatic heterocycles. The molecule has 0 bridgehead atoms. The van der Waals surface area contributed by atoms with Crippen molar-refractivity contribution in [1.29, 1.82) is 5.26 Å². The summed E-state index contributed by atoms with van der Waals surface area (Å²) in [6.07, 6.45) is 8.00. The fourth-order valence-corrected chi connectivity index (χ4v) is 4.52. The van der Waals surface area contributed by atoms with E-state index in [1.165, 1.54) is 24.8 Å². The number of rotatable bonds is 4. The molecule has 5 heteroatoms. The van der Waals surface area contributed by atoms with Crippen LogP contribution in [0.4, 0.5) is 0 Å². The predicted octanol–water partition coefficient (Wildman–Crippen LogP) is 6.29. The minimum absolute atomic E-state index is 0.184. The van der Waals surface area contributed by atoms with Crippen LogP contribution < -0.4 is 0 Å². The average molecular weight is 437 g/mol. The van der Waals surface area contributed by atoms with Gasteiger partial charge in [0.05, 0.1) is 41.7 Å². The number of hydrogen-bond donors (Lipinski definition) is 0. The standard InChI is InChI=1S/C28H28N4O/c1-20-7-11-23(12-8-20)28-25(22-13-9-21(17-29)10-14-22)16-27-26(31-28)18-30-32(27)19-24-6-4-2-3-5-15-33-24/h7-14,16,18,24H,2-6,15,19H2,1H3/t24-/m0/s1. The molecule has 33 heavy (non-hydrogen) atoms. The number of aryl methyl sites for hydroxylation is 1. The second kappa shape index (κ2) is 9.56. The van der Waals surface area contributed by atoms with Crippen molar-refractivity contribution < 1.29 is 4.74 Å². The lowest BCUT2D eigenvalue weighted by atomic mass is 9.97. The highest BCUT2D eigenvalue weighted by Crippen LogP contribution is 2.34. The Balaban J connectivity index is 1.58. The van der Waals surface area contributed by atoms with Crippen LogP contribution in [-0.4, -0.2) is 27.5 Å². The van der Waals surface area contributed by atoms with E-state index >= 15 is 0 Å². The Labute approximate surface area is 194 Å². The van der Waals surface area contributed by atoms with Gasteiger partial charge < -0.3 is 4.74 Å². The molecule has 4 aromatic rings. The van der Waals surface area contributed by atoms with Crippen LogP contribution in [0.25, 0.3) is 33.4 Å². The number of hydrogen-bond acceptors (Lipinski definition) is 4. The molecule has 5 rings (SSSR count). The highest BCUT2D eigenvalue weighted by atomic mass is 16.5. The maximum absolute atomic E-state index is 9.22. The summed E-state index contributed by atoms with van der Waals surface area (Å²) in [5.74, 6) is 0. The van der Waals surface area contributed by atoms with E-state index in [2.05, 4.69) is 48.4 Å². The van der Waals surface area contributed by atoms with E-state index in [1.54, 1.807) is 0 Å². The molecule has 3 heterocycles. The Bertz CT molecular complexity index is 1270. The summed E-state index contributed by atoms with van der Waals surface area (Å²) < 4.78 is 8.18. The van der Waals surface area contributed by atoms with Gasteiger partial charge in [-0.15, -0.1) is 0 Å². The summed E-state index contributed by atoms with van der Waals surface area (Å²) >= 11 is 0. The van der Waals surface area contributed by atoms with Crippen molar-refractivity contribution in [3.8, 4) is 28.5 Å². The molecule has 1 saturated heterocycles. The molecule has 1 aliphatic rings. The molecule has 0 radical (unpaired) electrons. The minimum Gasteiger partial charge on any atom is -0.376 e. The Hall–Kier alpha value is -3.49. The van der Waals surface area contributed by atoms with Gasteiger partial charge in [-0.2, -0.15) is 10.4 Å². The van der Waals surface area contributed by atoms with Gasteiger partial charge >= 0.3 is 0 Å². The first-order chi connectivity index (χ1) is 16.2. The molecular formula is C28H28N4O. The van der Waals surface area contributed by atoms with Gasteiger partial charge in [0.15, 0.2) is 0 Å². The zero-order valence-corrected chi connectivity index (χ0v) is 19.0. The van der Waals surface area contributed by atoms with Crippen LogP contribution in [0.2, 0.25) is 0 Å². The third-order valence-electron chi connectivity index (χ3n) is 6.43. The topological polar surface area (TPSA) is 63.7 Å². The van der Waals surface area contributed by atoms with Gasteiger partial charge in [-0.3, -0.25) is 4.68 Å². The minimum atomic E-state index is 0.184. The number of aromatic nitrogens is 3. The van der Waals surface area contributed by atoms with Crippen LogP contribution in [0, 0.1) is 18.3 Å². The molecule has 0 unspecified atom stereocenters. The number of ether oxygens (including phenoxy) is 1. The lowest BCUT2D eigenvalue weighted by molar-refractivity contribution is 0.0233. The van der Waals surface area contributed by atoms with E-state index in [1.807, 2.05) is 35.1 Å². The number of nitriles is 1. The molecule has 5 nitrogen and oxygen atoms in total. The van der Waals surface area contributed by atoms with Crippen molar-refractivity contribution in [3.05, 3.63) is 71.9 Å². The van der Waals surface area contributed by atoms with Gasteiger partial charge in [-0.1, -0.05) is 61.2 Å². The maximum atomic E-state index is 9.22. The van der Waals surface area contributed by atoms with E-state index in [-0.39, 0.29) is 6.10 Å². The van der Waals surface area contributed by atoms with Crippen LogP contribution in [0.3, 0.4) is 0 Å². The molecule has 0 N–H and O–H groups in total. The zero-order chi connectivity index (χ0) is 22.6. The number of pyridine rings is 1. The summed E-state index contributed by atoms with van der Waals surface area (Å²) in [4.78, 5) is 5.05. The van der Waals surface area contributed by atoms with Crippen molar-refractivity contribution in [3.63, 3.8) is 0 Å². The molecule has 1 atom stereocenters. The molecule has 0 spiro atoms. The highest BCUT2D eigenvalue weighted by Gasteiger charge is 2.18. The molecule has 0 saturated carbocycles. The molecule has 1 aliphatic heterocycles. The molecule has 0 aliphatic carbocycles. The van der Waals surface area contributed by atoms with Crippen molar-refractivity contribution in [2.75, 3.05) is 6.61 Å². The normalized spacial score (nSPS) is 16.8.